The van der Waals surface area contributed by atoms with Gasteiger partial charge in [-0.05, 0) is 18.4 Å². The fraction of sp³-hybridized carbons (Fsp3) is 0.333. The predicted octanol–water partition coefficient (Wildman–Crippen LogP) is 2.40. The van der Waals surface area contributed by atoms with Crippen molar-refractivity contribution in [2.75, 3.05) is 7.11 Å². The topological polar surface area (TPSA) is 44.1 Å². The second-order valence-electron chi connectivity index (χ2n) is 3.55. The van der Waals surface area contributed by atoms with E-state index in [1.54, 1.807) is 13.3 Å². The molecule has 2 rings (SSSR count). The zero-order valence-corrected chi connectivity index (χ0v) is 10.7. The van der Waals surface area contributed by atoms with Crippen molar-refractivity contribution in [3.05, 3.63) is 34.5 Å². The molecule has 17 heavy (non-hydrogen) atoms. The van der Waals surface area contributed by atoms with Gasteiger partial charge in [0, 0.05) is 18.9 Å². The molecular formula is C12H14N2O2S. The van der Waals surface area contributed by atoms with Gasteiger partial charge in [0.05, 0.1) is 13.5 Å². The highest BCUT2D eigenvalue weighted by Crippen LogP contribution is 2.25. The number of carbonyl (C=O) groups is 1. The molecule has 0 N–H and O–H groups in total. The van der Waals surface area contributed by atoms with E-state index in [1.807, 2.05) is 29.1 Å². The lowest BCUT2D eigenvalue weighted by Crippen LogP contribution is -2.09. The molecule has 0 aromatic carbocycles. The number of methoxy groups -OCH3 is 1. The molecule has 0 saturated heterocycles. The standard InChI is InChI=1S/C12H14N2O2S/c1-3-14-6-5-13-11(14)8-9(15)12-10(16-2)4-7-17-12/h4-7H,3,8H2,1-2H3. The average Bonchev–Trinajstić information content (AvgIpc) is 2.96. The van der Waals surface area contributed by atoms with Crippen LogP contribution < -0.4 is 4.74 Å². The molecule has 0 radical (unpaired) electrons. The van der Waals surface area contributed by atoms with E-state index in [2.05, 4.69) is 4.98 Å². The number of aromatic nitrogens is 2. The van der Waals surface area contributed by atoms with E-state index in [9.17, 15) is 4.79 Å². The third-order valence-electron chi connectivity index (χ3n) is 2.56. The van der Waals surface area contributed by atoms with Crippen molar-refractivity contribution in [3.63, 3.8) is 0 Å². The number of nitrogens with zero attached hydrogens (tertiary/aromatic N) is 2. The third kappa shape index (κ3) is 2.39. The number of thiophene rings is 1. The van der Waals surface area contributed by atoms with E-state index >= 15 is 0 Å². The molecule has 0 unspecified atom stereocenters. The van der Waals surface area contributed by atoms with Gasteiger partial charge in [-0.2, -0.15) is 0 Å². The second-order valence-corrected chi connectivity index (χ2v) is 4.46. The molecule has 0 aliphatic carbocycles. The van der Waals surface area contributed by atoms with E-state index in [-0.39, 0.29) is 5.78 Å². The van der Waals surface area contributed by atoms with Crippen LogP contribution in [0.15, 0.2) is 23.8 Å². The van der Waals surface area contributed by atoms with Crippen LogP contribution in [0.5, 0.6) is 5.75 Å². The zero-order valence-electron chi connectivity index (χ0n) is 9.84. The van der Waals surface area contributed by atoms with Crippen LogP contribution >= 0.6 is 11.3 Å². The molecule has 0 aliphatic rings. The molecule has 0 bridgehead atoms. The summed E-state index contributed by atoms with van der Waals surface area (Å²) in [6.07, 6.45) is 3.92. The Bertz CT molecular complexity index is 516. The van der Waals surface area contributed by atoms with Gasteiger partial charge in [0.25, 0.3) is 0 Å². The summed E-state index contributed by atoms with van der Waals surface area (Å²) in [6, 6.07) is 1.81. The predicted molar refractivity (Wildman–Crippen MR) is 66.8 cm³/mol. The maximum Gasteiger partial charge on any atom is 0.184 e. The zero-order chi connectivity index (χ0) is 12.3. The summed E-state index contributed by atoms with van der Waals surface area (Å²) in [7, 11) is 1.58. The van der Waals surface area contributed by atoms with Crippen LogP contribution in [0.25, 0.3) is 0 Å². The molecule has 90 valence electrons. The van der Waals surface area contributed by atoms with Crippen LogP contribution in [0.3, 0.4) is 0 Å². The molecule has 0 aliphatic heterocycles. The van der Waals surface area contributed by atoms with Crippen molar-refractivity contribution < 1.29 is 9.53 Å². The number of aryl methyl sites for hydroxylation is 1. The average molecular weight is 250 g/mol. The monoisotopic (exact) mass is 250 g/mol. The molecule has 5 heteroatoms. The number of hydrogen-bond donors (Lipinski definition) is 0. The van der Waals surface area contributed by atoms with Crippen LogP contribution in [0.4, 0.5) is 0 Å². The highest BCUT2D eigenvalue weighted by molar-refractivity contribution is 7.12. The quantitative estimate of drug-likeness (QED) is 0.765. The minimum Gasteiger partial charge on any atom is -0.495 e. The molecule has 0 spiro atoms. The van der Waals surface area contributed by atoms with Gasteiger partial charge >= 0.3 is 0 Å². The van der Waals surface area contributed by atoms with Crippen molar-refractivity contribution in [3.8, 4) is 5.75 Å². The highest BCUT2D eigenvalue weighted by atomic mass is 32.1. The maximum absolute atomic E-state index is 12.1. The van der Waals surface area contributed by atoms with Crippen LogP contribution in [0, 0.1) is 0 Å². The van der Waals surface area contributed by atoms with Gasteiger partial charge in [0.2, 0.25) is 0 Å². The van der Waals surface area contributed by atoms with Gasteiger partial charge in [-0.15, -0.1) is 11.3 Å². The van der Waals surface area contributed by atoms with Crippen LogP contribution in [-0.2, 0) is 13.0 Å². The summed E-state index contributed by atoms with van der Waals surface area (Å²) in [5, 5.41) is 1.86. The summed E-state index contributed by atoms with van der Waals surface area (Å²) in [4.78, 5) is 17.0. The first-order chi connectivity index (χ1) is 8.26. The Balaban J connectivity index is 2.17. The van der Waals surface area contributed by atoms with Crippen molar-refractivity contribution in [2.45, 2.75) is 19.9 Å². The number of ether oxygens (including phenoxy) is 1. The SMILES string of the molecule is CCn1ccnc1CC(=O)c1sccc1OC. The number of hydrogen-bond acceptors (Lipinski definition) is 4. The molecule has 2 heterocycles. The highest BCUT2D eigenvalue weighted by Gasteiger charge is 2.16. The lowest BCUT2D eigenvalue weighted by molar-refractivity contribution is 0.0991. The summed E-state index contributed by atoms with van der Waals surface area (Å²) >= 11 is 1.41. The second kappa shape index (κ2) is 5.14. The van der Waals surface area contributed by atoms with Crippen LogP contribution in [0.1, 0.15) is 22.4 Å². The first-order valence-electron chi connectivity index (χ1n) is 5.41. The molecular weight excluding hydrogens is 236 g/mol. The van der Waals surface area contributed by atoms with Gasteiger partial charge in [0.1, 0.15) is 16.5 Å². The number of Topliss-reactive ketones (excluding diaryl/α,β-unsaturated/α-hetero) is 1. The van der Waals surface area contributed by atoms with Crippen molar-refractivity contribution in [1.82, 2.24) is 9.55 Å². The Morgan fingerprint density at radius 3 is 3.12 bits per heavy atom. The summed E-state index contributed by atoms with van der Waals surface area (Å²) in [5.74, 6) is 1.50. The molecule has 0 fully saturated rings. The van der Waals surface area contributed by atoms with E-state index < -0.39 is 0 Å². The van der Waals surface area contributed by atoms with Gasteiger partial charge in [0.15, 0.2) is 5.78 Å². The largest absolute Gasteiger partial charge is 0.495 e. The summed E-state index contributed by atoms with van der Waals surface area (Å²) in [6.45, 7) is 2.85. The molecule has 4 nitrogen and oxygen atoms in total. The van der Waals surface area contributed by atoms with Crippen molar-refractivity contribution >= 4 is 17.1 Å². The van der Waals surface area contributed by atoms with Crippen LogP contribution in [-0.4, -0.2) is 22.4 Å². The minimum absolute atomic E-state index is 0.0535. The van der Waals surface area contributed by atoms with Crippen molar-refractivity contribution in [2.24, 2.45) is 0 Å². The van der Waals surface area contributed by atoms with E-state index in [0.717, 1.165) is 12.4 Å². The Kier molecular flexibility index (Phi) is 3.58. The Hall–Kier alpha value is -1.62. The molecule has 0 atom stereocenters. The first-order valence-corrected chi connectivity index (χ1v) is 6.29. The molecule has 2 aromatic heterocycles. The maximum atomic E-state index is 12.1. The van der Waals surface area contributed by atoms with Gasteiger partial charge in [-0.3, -0.25) is 4.79 Å². The van der Waals surface area contributed by atoms with Crippen molar-refractivity contribution in [1.29, 1.82) is 0 Å². The van der Waals surface area contributed by atoms with Crippen LogP contribution in [0.2, 0.25) is 0 Å². The Morgan fingerprint density at radius 1 is 1.59 bits per heavy atom. The Labute approximate surface area is 104 Å². The smallest absolute Gasteiger partial charge is 0.184 e. The lowest BCUT2D eigenvalue weighted by Gasteiger charge is -2.04. The number of rotatable bonds is 5. The Morgan fingerprint density at radius 2 is 2.41 bits per heavy atom. The molecule has 0 amide bonds. The van der Waals surface area contributed by atoms with E-state index in [0.29, 0.717) is 17.0 Å². The summed E-state index contributed by atoms with van der Waals surface area (Å²) < 4.78 is 7.11. The fourth-order valence-corrected chi connectivity index (χ4v) is 2.48. The van der Waals surface area contributed by atoms with Gasteiger partial charge in [-0.1, -0.05) is 0 Å². The number of imidazole rings is 1. The van der Waals surface area contributed by atoms with Gasteiger partial charge < -0.3 is 9.30 Å². The summed E-state index contributed by atoms with van der Waals surface area (Å²) in [5.41, 5.74) is 0. The minimum atomic E-state index is 0.0535. The molecule has 0 saturated carbocycles. The van der Waals surface area contributed by atoms with Gasteiger partial charge in [-0.25, -0.2) is 4.98 Å². The molecule has 2 aromatic rings. The fourth-order valence-electron chi connectivity index (χ4n) is 1.68. The first kappa shape index (κ1) is 11.9. The normalized spacial score (nSPS) is 10.5. The number of carbonyl (C=O) groups excluding carboxylic acids is 1. The third-order valence-corrected chi connectivity index (χ3v) is 3.50. The van der Waals surface area contributed by atoms with E-state index in [4.69, 9.17) is 4.74 Å². The number of ketones is 1. The lowest BCUT2D eigenvalue weighted by atomic mass is 10.2. The van der Waals surface area contributed by atoms with E-state index in [1.165, 1.54) is 11.3 Å².